The molecule has 1 heterocycles. The van der Waals surface area contributed by atoms with E-state index in [-0.39, 0.29) is 5.92 Å². The maximum absolute atomic E-state index is 13.9. The van der Waals surface area contributed by atoms with Gasteiger partial charge in [0.1, 0.15) is 17.3 Å². The van der Waals surface area contributed by atoms with Crippen LogP contribution in [0.25, 0.3) is 32.3 Å². The van der Waals surface area contributed by atoms with E-state index in [4.69, 9.17) is 9.47 Å². The second kappa shape index (κ2) is 12.8. The van der Waals surface area contributed by atoms with Crippen molar-refractivity contribution in [2.24, 2.45) is 0 Å². The lowest BCUT2D eigenvalue weighted by atomic mass is 9.77. The van der Waals surface area contributed by atoms with Gasteiger partial charge in [-0.1, -0.05) is 48.5 Å². The predicted octanol–water partition coefficient (Wildman–Crippen LogP) is 10.5. The van der Waals surface area contributed by atoms with Crippen molar-refractivity contribution in [2.45, 2.75) is 44.2 Å². The number of aromatic nitrogens is 1. The number of aryl methyl sites for hydroxylation is 2. The number of rotatable bonds is 5. The van der Waals surface area contributed by atoms with Crippen molar-refractivity contribution in [2.75, 3.05) is 14.2 Å². The fraction of sp³-hybridized carbons (Fsp3) is 0.237. The molecule has 0 fully saturated rings. The number of halogens is 4. The summed E-state index contributed by atoms with van der Waals surface area (Å²) in [6.45, 7) is 0. The first kappa shape index (κ1) is 30.4. The van der Waals surface area contributed by atoms with Gasteiger partial charge in [0.15, 0.2) is 0 Å². The Morgan fingerprint density at radius 1 is 0.800 bits per heavy atom. The minimum Gasteiger partial charge on any atom is -0.496 e. The third-order valence-corrected chi connectivity index (χ3v) is 8.71. The molecular formula is C38H33F4NO2. The van der Waals surface area contributed by atoms with Gasteiger partial charge < -0.3 is 9.47 Å². The summed E-state index contributed by atoms with van der Waals surface area (Å²) in [6, 6.07) is 25.3. The molecule has 7 rings (SSSR count). The van der Waals surface area contributed by atoms with E-state index in [0.29, 0.717) is 24.5 Å². The van der Waals surface area contributed by atoms with Gasteiger partial charge in [-0.15, -0.1) is 0 Å². The summed E-state index contributed by atoms with van der Waals surface area (Å²) < 4.78 is 64.6. The highest BCUT2D eigenvalue weighted by molar-refractivity contribution is 6.13. The first-order chi connectivity index (χ1) is 21.8. The van der Waals surface area contributed by atoms with Crippen LogP contribution in [-0.4, -0.2) is 19.2 Å². The van der Waals surface area contributed by atoms with E-state index >= 15 is 0 Å². The van der Waals surface area contributed by atoms with Crippen LogP contribution in [0.4, 0.5) is 17.6 Å². The Labute approximate surface area is 259 Å². The SMILES string of the molecule is COc1cccc2c1c(OC)cc1c3c(ccc12)C(CCc1cc(F)cc(C(F)(F)F)c1)CCC3.c1ccc2cnccc2c1. The molecule has 1 aliphatic carbocycles. The summed E-state index contributed by atoms with van der Waals surface area (Å²) >= 11 is 0. The van der Waals surface area contributed by atoms with Gasteiger partial charge in [-0.25, -0.2) is 4.39 Å². The van der Waals surface area contributed by atoms with Gasteiger partial charge in [-0.3, -0.25) is 4.98 Å². The molecule has 0 bridgehead atoms. The maximum atomic E-state index is 13.9. The van der Waals surface area contributed by atoms with Gasteiger partial charge in [-0.05, 0) is 118 Å². The lowest BCUT2D eigenvalue weighted by Crippen LogP contribution is -2.12. The van der Waals surface area contributed by atoms with Crippen LogP contribution in [0, 0.1) is 5.82 Å². The van der Waals surface area contributed by atoms with Crippen LogP contribution in [0.5, 0.6) is 11.5 Å². The molecule has 230 valence electrons. The molecule has 1 unspecified atom stereocenters. The third kappa shape index (κ3) is 6.30. The van der Waals surface area contributed by atoms with Crippen LogP contribution >= 0.6 is 0 Å². The molecule has 5 aromatic carbocycles. The van der Waals surface area contributed by atoms with Crippen LogP contribution in [0.1, 0.15) is 47.4 Å². The first-order valence-electron chi connectivity index (χ1n) is 15.0. The third-order valence-electron chi connectivity index (χ3n) is 8.71. The van der Waals surface area contributed by atoms with Crippen molar-refractivity contribution < 1.29 is 27.0 Å². The monoisotopic (exact) mass is 611 g/mol. The molecule has 0 spiro atoms. The number of pyridine rings is 1. The summed E-state index contributed by atoms with van der Waals surface area (Å²) in [4.78, 5) is 4.01. The summed E-state index contributed by atoms with van der Waals surface area (Å²) in [5, 5.41) is 6.70. The normalized spacial score (nSPS) is 14.6. The van der Waals surface area contributed by atoms with Crippen LogP contribution in [0.3, 0.4) is 0 Å². The molecule has 0 amide bonds. The average molecular weight is 612 g/mol. The Balaban J connectivity index is 0.000000301. The summed E-state index contributed by atoms with van der Waals surface area (Å²) in [5.41, 5.74) is 1.93. The van der Waals surface area contributed by atoms with Gasteiger partial charge in [0, 0.05) is 12.4 Å². The zero-order valence-corrected chi connectivity index (χ0v) is 25.1. The number of fused-ring (bicyclic) bond motifs is 6. The van der Waals surface area contributed by atoms with Crippen LogP contribution in [-0.2, 0) is 19.0 Å². The molecule has 0 saturated carbocycles. The van der Waals surface area contributed by atoms with Gasteiger partial charge in [-0.2, -0.15) is 13.2 Å². The predicted molar refractivity (Wildman–Crippen MR) is 172 cm³/mol. The molecule has 0 N–H and O–H groups in total. The molecule has 1 aliphatic rings. The van der Waals surface area contributed by atoms with Crippen molar-refractivity contribution in [3.05, 3.63) is 125 Å². The second-order valence-electron chi connectivity index (χ2n) is 11.4. The molecule has 0 saturated heterocycles. The average Bonchev–Trinajstić information content (AvgIpc) is 3.06. The van der Waals surface area contributed by atoms with Crippen LogP contribution in [0.2, 0.25) is 0 Å². The van der Waals surface area contributed by atoms with E-state index < -0.39 is 17.6 Å². The van der Waals surface area contributed by atoms with Crippen molar-refractivity contribution in [1.29, 1.82) is 0 Å². The zero-order valence-electron chi connectivity index (χ0n) is 25.1. The summed E-state index contributed by atoms with van der Waals surface area (Å²) in [6.07, 6.45) is 3.05. The Hall–Kier alpha value is -4.65. The Morgan fingerprint density at radius 2 is 1.60 bits per heavy atom. The fourth-order valence-electron chi connectivity index (χ4n) is 6.59. The number of hydrogen-bond acceptors (Lipinski definition) is 3. The Kier molecular flexibility index (Phi) is 8.61. The van der Waals surface area contributed by atoms with Gasteiger partial charge in [0.2, 0.25) is 0 Å². The molecule has 45 heavy (non-hydrogen) atoms. The largest absolute Gasteiger partial charge is 0.496 e. The lowest BCUT2D eigenvalue weighted by molar-refractivity contribution is -0.137. The van der Waals surface area contributed by atoms with Crippen LogP contribution < -0.4 is 9.47 Å². The smallest absolute Gasteiger partial charge is 0.416 e. The van der Waals surface area contributed by atoms with Crippen molar-refractivity contribution in [3.63, 3.8) is 0 Å². The molecule has 7 heteroatoms. The van der Waals surface area contributed by atoms with Crippen molar-refractivity contribution in [1.82, 2.24) is 4.98 Å². The Bertz CT molecular complexity index is 1920. The standard InChI is InChI=1S/C29H26F4O2.C9H7N/c1-34-26-8-4-7-24-23-12-11-21-18(5-3-6-22(21)25(23)16-27(35-2)28(24)26)10-9-17-13-19(29(31,32)33)15-20(30)14-17;1-2-4-9-7-10-6-5-8(9)3-1/h4,7-8,11-16,18H,3,5-6,9-10H2,1-2H3;1-7H. The van der Waals surface area contributed by atoms with E-state index in [1.165, 1.54) is 28.0 Å². The van der Waals surface area contributed by atoms with E-state index in [0.717, 1.165) is 58.4 Å². The van der Waals surface area contributed by atoms with Crippen LogP contribution in [0.15, 0.2) is 97.3 Å². The molecule has 0 aliphatic heterocycles. The molecule has 1 aromatic heterocycles. The van der Waals surface area contributed by atoms with Gasteiger partial charge >= 0.3 is 6.18 Å². The molecule has 0 radical (unpaired) electrons. The number of alkyl halides is 3. The maximum Gasteiger partial charge on any atom is 0.416 e. The highest BCUT2D eigenvalue weighted by Gasteiger charge is 2.31. The van der Waals surface area contributed by atoms with Crippen molar-refractivity contribution >= 4 is 32.3 Å². The van der Waals surface area contributed by atoms with Crippen molar-refractivity contribution in [3.8, 4) is 11.5 Å². The number of hydrogen-bond donors (Lipinski definition) is 0. The summed E-state index contributed by atoms with van der Waals surface area (Å²) in [7, 11) is 3.30. The van der Waals surface area contributed by atoms with Gasteiger partial charge in [0.25, 0.3) is 0 Å². The lowest BCUT2D eigenvalue weighted by Gasteiger charge is -2.28. The molecule has 3 nitrogen and oxygen atoms in total. The number of nitrogens with zero attached hydrogens (tertiary/aromatic N) is 1. The minimum atomic E-state index is -4.56. The summed E-state index contributed by atoms with van der Waals surface area (Å²) in [5.74, 6) is 0.858. The second-order valence-corrected chi connectivity index (χ2v) is 11.4. The Morgan fingerprint density at radius 3 is 2.36 bits per heavy atom. The van der Waals surface area contributed by atoms with E-state index in [2.05, 4.69) is 41.4 Å². The van der Waals surface area contributed by atoms with E-state index in [1.807, 2.05) is 42.7 Å². The number of methoxy groups -OCH3 is 2. The quantitative estimate of drug-likeness (QED) is 0.144. The fourth-order valence-corrected chi connectivity index (χ4v) is 6.59. The first-order valence-corrected chi connectivity index (χ1v) is 15.0. The zero-order chi connectivity index (χ0) is 31.6. The number of benzene rings is 5. The van der Waals surface area contributed by atoms with E-state index in [9.17, 15) is 17.6 Å². The highest BCUT2D eigenvalue weighted by Crippen LogP contribution is 2.44. The van der Waals surface area contributed by atoms with Gasteiger partial charge in [0.05, 0.1) is 25.2 Å². The topological polar surface area (TPSA) is 31.4 Å². The number of ether oxygens (including phenoxy) is 2. The minimum absolute atomic E-state index is 0.202. The highest BCUT2D eigenvalue weighted by atomic mass is 19.4. The van der Waals surface area contributed by atoms with E-state index in [1.54, 1.807) is 14.2 Å². The molecular weight excluding hydrogens is 578 g/mol. The molecule has 1 atom stereocenters. The molecule has 6 aromatic rings.